The number of hydrogen-bond acceptors (Lipinski definition) is 8. The molecule has 0 aliphatic carbocycles. The summed E-state index contributed by atoms with van der Waals surface area (Å²) in [5.41, 5.74) is 12.1. The molecule has 0 N–H and O–H groups in total. The second-order valence-electron chi connectivity index (χ2n) is 20.3. The van der Waals surface area contributed by atoms with E-state index in [-0.39, 0.29) is 5.28 Å². The van der Waals surface area contributed by atoms with E-state index in [0.29, 0.717) is 17.2 Å². The van der Waals surface area contributed by atoms with E-state index < -0.39 is 18.3 Å². The predicted molar refractivity (Wildman–Crippen MR) is 304 cm³/mol. The zero-order chi connectivity index (χ0) is 49.6. The van der Waals surface area contributed by atoms with Crippen molar-refractivity contribution in [1.29, 1.82) is 0 Å². The van der Waals surface area contributed by atoms with Crippen LogP contribution in [0.4, 0.5) is 0 Å². The second kappa shape index (κ2) is 15.9. The standard InChI is InChI=1S/C63H42BClN4O4S/c1-62(2)63(3,4)73-64(72-62)49-30-40(38-22-25-52-46(28-38)42-23-19-39(31-54(42)70-52)60-66-59(67-61(65)68-60)35-13-7-5-8-14-35)32-55-58(49)48-29-37(21-26-53(48)71-55)36-20-24-50-44(27-36)45-33-47-43-17-11-12-18-56(43)74-57(47)34-51(45)69(50)41-15-9-6-10-16-41/h5-34H,1-4H3. The van der Waals surface area contributed by atoms with Gasteiger partial charge in [0.25, 0.3) is 0 Å². The zero-order valence-corrected chi connectivity index (χ0v) is 42.2. The summed E-state index contributed by atoms with van der Waals surface area (Å²) < 4.78 is 32.0. The van der Waals surface area contributed by atoms with Crippen molar-refractivity contribution in [3.63, 3.8) is 0 Å². The Hall–Kier alpha value is -8.12. The molecule has 9 aromatic carbocycles. The highest BCUT2D eigenvalue weighted by Gasteiger charge is 2.52. The molecule has 6 heterocycles. The highest BCUT2D eigenvalue weighted by atomic mass is 35.5. The Bertz CT molecular complexity index is 4640. The maximum absolute atomic E-state index is 6.86. The minimum Gasteiger partial charge on any atom is -0.456 e. The Morgan fingerprint density at radius 3 is 1.82 bits per heavy atom. The number of para-hydroxylation sites is 1. The first-order valence-corrected chi connectivity index (χ1v) is 25.9. The van der Waals surface area contributed by atoms with Gasteiger partial charge in [-0.15, -0.1) is 11.3 Å². The van der Waals surface area contributed by atoms with Gasteiger partial charge < -0.3 is 22.7 Å². The maximum atomic E-state index is 6.86. The van der Waals surface area contributed by atoms with E-state index in [1.54, 1.807) is 0 Å². The average molecular weight is 997 g/mol. The molecule has 5 aromatic heterocycles. The molecule has 0 bridgehead atoms. The van der Waals surface area contributed by atoms with Crippen LogP contribution in [0, 0.1) is 0 Å². The minimum atomic E-state index is -0.652. The lowest BCUT2D eigenvalue weighted by Gasteiger charge is -2.32. The number of thiophene rings is 1. The maximum Gasteiger partial charge on any atom is 0.495 e. The van der Waals surface area contributed by atoms with Gasteiger partial charge in [-0.1, -0.05) is 97.1 Å². The van der Waals surface area contributed by atoms with E-state index in [4.69, 9.17) is 34.7 Å². The lowest BCUT2D eigenvalue weighted by Crippen LogP contribution is -2.41. The third-order valence-electron chi connectivity index (χ3n) is 15.4. The molecule has 0 saturated carbocycles. The van der Waals surface area contributed by atoms with Crippen LogP contribution in [-0.2, 0) is 9.31 Å². The van der Waals surface area contributed by atoms with Crippen molar-refractivity contribution in [3.8, 4) is 50.7 Å². The molecule has 1 fully saturated rings. The van der Waals surface area contributed by atoms with E-state index in [9.17, 15) is 0 Å². The van der Waals surface area contributed by atoms with Gasteiger partial charge in [0.2, 0.25) is 5.28 Å². The largest absolute Gasteiger partial charge is 0.495 e. The van der Waals surface area contributed by atoms with E-state index in [1.165, 1.54) is 36.5 Å². The van der Waals surface area contributed by atoms with Crippen LogP contribution in [0.1, 0.15) is 27.7 Å². The topological polar surface area (TPSA) is 88.3 Å². The Labute approximate surface area is 433 Å². The summed E-state index contributed by atoms with van der Waals surface area (Å²) in [7, 11) is -0.652. The average Bonchev–Trinajstić information content (AvgIpc) is 4.26. The molecule has 1 aliphatic rings. The van der Waals surface area contributed by atoms with E-state index in [1.807, 2.05) is 59.9 Å². The van der Waals surface area contributed by atoms with Gasteiger partial charge in [-0.3, -0.25) is 0 Å². The van der Waals surface area contributed by atoms with Crippen molar-refractivity contribution >= 4 is 121 Å². The molecular weight excluding hydrogens is 955 g/mol. The predicted octanol–water partition coefficient (Wildman–Crippen LogP) is 16.8. The normalized spacial score (nSPS) is 14.6. The molecule has 74 heavy (non-hydrogen) atoms. The Morgan fingerprint density at radius 1 is 0.432 bits per heavy atom. The van der Waals surface area contributed by atoms with Crippen LogP contribution < -0.4 is 5.46 Å². The summed E-state index contributed by atoms with van der Waals surface area (Å²) in [6, 6.07) is 64.0. The van der Waals surface area contributed by atoms with Gasteiger partial charge in [0.1, 0.15) is 22.3 Å². The molecule has 0 radical (unpaired) electrons. The van der Waals surface area contributed by atoms with Gasteiger partial charge in [0.05, 0.1) is 22.2 Å². The summed E-state index contributed by atoms with van der Waals surface area (Å²) in [5, 5.41) is 9.02. The summed E-state index contributed by atoms with van der Waals surface area (Å²) >= 11 is 8.30. The number of benzene rings is 9. The van der Waals surface area contributed by atoms with Crippen LogP contribution in [0.15, 0.2) is 191 Å². The van der Waals surface area contributed by atoms with Crippen molar-refractivity contribution < 1.29 is 18.1 Å². The van der Waals surface area contributed by atoms with Crippen LogP contribution >= 0.6 is 22.9 Å². The highest BCUT2D eigenvalue weighted by Crippen LogP contribution is 2.44. The quantitative estimate of drug-likeness (QED) is 0.153. The summed E-state index contributed by atoms with van der Waals surface area (Å²) in [6.07, 6.45) is 0. The Kier molecular flexibility index (Phi) is 9.36. The van der Waals surface area contributed by atoms with Crippen LogP contribution in [-0.4, -0.2) is 37.8 Å². The lowest BCUT2D eigenvalue weighted by molar-refractivity contribution is 0.00578. The second-order valence-corrected chi connectivity index (χ2v) is 21.8. The third-order valence-corrected chi connectivity index (χ3v) is 16.7. The van der Waals surface area contributed by atoms with Crippen molar-refractivity contribution in [2.24, 2.45) is 0 Å². The Balaban J connectivity index is 0.864. The smallest absolute Gasteiger partial charge is 0.456 e. The van der Waals surface area contributed by atoms with Gasteiger partial charge in [0.15, 0.2) is 11.6 Å². The van der Waals surface area contributed by atoms with E-state index in [2.05, 4.69) is 176 Å². The number of hydrogen-bond donors (Lipinski definition) is 0. The third kappa shape index (κ3) is 6.72. The van der Waals surface area contributed by atoms with Crippen LogP contribution in [0.2, 0.25) is 5.28 Å². The fourth-order valence-corrected chi connectivity index (χ4v) is 12.3. The number of aromatic nitrogens is 4. The monoisotopic (exact) mass is 996 g/mol. The molecule has 354 valence electrons. The fraction of sp³-hybridized carbons (Fsp3) is 0.0952. The number of fused-ring (bicyclic) bond motifs is 12. The minimum absolute atomic E-state index is 0.125. The van der Waals surface area contributed by atoms with E-state index in [0.717, 1.165) is 88.3 Å². The number of halogens is 1. The summed E-state index contributed by atoms with van der Waals surface area (Å²) in [4.78, 5) is 13.6. The molecule has 0 unspecified atom stereocenters. The van der Waals surface area contributed by atoms with Gasteiger partial charge in [-0.2, -0.15) is 9.97 Å². The van der Waals surface area contributed by atoms with Crippen molar-refractivity contribution in [2.75, 3.05) is 0 Å². The van der Waals surface area contributed by atoms with Gasteiger partial charge in [-0.25, -0.2) is 4.98 Å². The molecule has 0 spiro atoms. The summed E-state index contributed by atoms with van der Waals surface area (Å²) in [5.74, 6) is 0.974. The van der Waals surface area contributed by atoms with Gasteiger partial charge in [0, 0.05) is 69.3 Å². The van der Waals surface area contributed by atoms with Crippen molar-refractivity contribution in [3.05, 3.63) is 187 Å². The fourth-order valence-electron chi connectivity index (χ4n) is 11.0. The van der Waals surface area contributed by atoms with Crippen molar-refractivity contribution in [2.45, 2.75) is 38.9 Å². The Morgan fingerprint density at radius 2 is 1.04 bits per heavy atom. The first-order chi connectivity index (χ1) is 36.0. The lowest BCUT2D eigenvalue weighted by atomic mass is 9.75. The molecule has 1 aliphatic heterocycles. The first-order valence-electron chi connectivity index (χ1n) is 24.8. The number of rotatable bonds is 6. The first kappa shape index (κ1) is 43.5. The van der Waals surface area contributed by atoms with Crippen LogP contribution in [0.3, 0.4) is 0 Å². The molecule has 15 rings (SSSR count). The number of nitrogens with zero attached hydrogens (tertiary/aromatic N) is 4. The molecule has 1 saturated heterocycles. The molecule has 0 amide bonds. The highest BCUT2D eigenvalue weighted by molar-refractivity contribution is 7.25. The number of furan rings is 2. The molecule has 0 atom stereocenters. The SMILES string of the molecule is CC1(C)OB(c2cc(-c3ccc4oc5cc(-c6nc(Cl)nc(-c7ccccc7)n6)ccc5c4c3)cc3oc4ccc(-c5ccc6c(c5)c5cc7c(cc5n6-c5ccccc5)sc5ccccc57)cc4c23)OC1(C)C. The summed E-state index contributed by atoms with van der Waals surface area (Å²) in [6.45, 7) is 8.38. The molecule has 14 aromatic rings. The van der Waals surface area contributed by atoms with Gasteiger partial charge in [-0.05, 0) is 152 Å². The zero-order valence-electron chi connectivity index (χ0n) is 40.6. The molecule has 8 nitrogen and oxygen atoms in total. The van der Waals surface area contributed by atoms with Crippen LogP contribution in [0.5, 0.6) is 0 Å². The van der Waals surface area contributed by atoms with Crippen LogP contribution in [0.25, 0.3) is 137 Å². The molecule has 11 heteroatoms. The van der Waals surface area contributed by atoms with Gasteiger partial charge >= 0.3 is 7.12 Å². The van der Waals surface area contributed by atoms with Crippen molar-refractivity contribution in [1.82, 2.24) is 19.5 Å². The van der Waals surface area contributed by atoms with E-state index >= 15 is 0 Å². The molecular formula is C63H42BClN4O4S.